The highest BCUT2D eigenvalue weighted by Crippen LogP contribution is 2.28. The zero-order valence-corrected chi connectivity index (χ0v) is 19.7. The molecule has 0 heterocycles. The molecule has 0 saturated heterocycles. The summed E-state index contributed by atoms with van der Waals surface area (Å²) in [6.45, 7) is 0.949. The van der Waals surface area contributed by atoms with Crippen LogP contribution in [0.3, 0.4) is 0 Å². The van der Waals surface area contributed by atoms with Gasteiger partial charge in [-0.1, -0.05) is 0 Å². The van der Waals surface area contributed by atoms with Gasteiger partial charge in [0.1, 0.15) is 5.60 Å². The van der Waals surface area contributed by atoms with Gasteiger partial charge in [-0.25, -0.2) is 4.79 Å². The van der Waals surface area contributed by atoms with Crippen LogP contribution < -0.4 is 5.32 Å². The summed E-state index contributed by atoms with van der Waals surface area (Å²) in [5.41, 5.74) is -3.87. The number of aliphatic hydroxyl groups excluding tert-OH is 6. The van der Waals surface area contributed by atoms with Gasteiger partial charge in [-0.15, -0.1) is 0 Å². The smallest absolute Gasteiger partial charge is 0.412 e. The van der Waals surface area contributed by atoms with Crippen LogP contribution in [-0.2, 0) is 4.74 Å². The molecule has 0 aliphatic heterocycles. The van der Waals surface area contributed by atoms with Crippen LogP contribution in [0.15, 0.2) is 18.2 Å². The number of hydrogen-bond acceptors (Lipinski definition) is 10. The summed E-state index contributed by atoms with van der Waals surface area (Å²) in [6, 6.07) is 3.77. The van der Waals surface area contributed by atoms with Crippen molar-refractivity contribution < 1.29 is 49.8 Å². The maximum Gasteiger partial charge on any atom is 0.412 e. The Morgan fingerprint density at radius 2 is 1.06 bits per heavy atom. The Morgan fingerprint density at radius 1 is 0.706 bits per heavy atom. The quantitative estimate of drug-likeness (QED) is 0.188. The summed E-state index contributed by atoms with van der Waals surface area (Å²) in [4.78, 5) is 38.1. The van der Waals surface area contributed by atoms with Gasteiger partial charge in [-0.2, -0.15) is 0 Å². The van der Waals surface area contributed by atoms with Crippen molar-refractivity contribution in [1.29, 1.82) is 0 Å². The number of aliphatic hydroxyl groups is 6. The second-order valence-electron chi connectivity index (χ2n) is 9.57. The highest BCUT2D eigenvalue weighted by atomic mass is 16.6. The summed E-state index contributed by atoms with van der Waals surface area (Å²) in [6.07, 6.45) is -1.75. The Kier molecular flexibility index (Phi) is 10.8. The average molecular weight is 486 g/mol. The number of hydrogen-bond donors (Lipinski definition) is 7. The van der Waals surface area contributed by atoms with Crippen LogP contribution in [0.1, 0.15) is 54.3 Å². The lowest BCUT2D eigenvalue weighted by molar-refractivity contribution is 0.00179. The first kappa shape index (κ1) is 29.6. The molecule has 0 radical (unpaired) electrons. The molecule has 1 rings (SSSR count). The van der Waals surface area contributed by atoms with E-state index in [1.54, 1.807) is 20.8 Å². The average Bonchev–Trinajstić information content (AvgIpc) is 2.79. The van der Waals surface area contributed by atoms with Crippen molar-refractivity contribution in [2.24, 2.45) is 10.8 Å². The number of anilines is 1. The number of ether oxygens (including phenoxy) is 1. The predicted octanol–water partition coefficient (Wildman–Crippen LogP) is 0.106. The van der Waals surface area contributed by atoms with E-state index in [0.717, 1.165) is 0 Å². The molecule has 0 aromatic heterocycles. The fourth-order valence-electron chi connectivity index (χ4n) is 2.96. The van der Waals surface area contributed by atoms with Gasteiger partial charge in [0.05, 0.1) is 39.6 Å². The molecule has 34 heavy (non-hydrogen) atoms. The molecule has 0 spiro atoms. The molecule has 0 saturated carbocycles. The number of Topliss-reactive ketones (excluding diaryl/α,β-unsaturated/α-hetero) is 2. The van der Waals surface area contributed by atoms with E-state index < -0.39 is 86.6 Å². The molecule has 1 amide bonds. The molecule has 11 heteroatoms. The normalized spacial score (nSPS) is 12.4. The molecule has 0 unspecified atom stereocenters. The lowest BCUT2D eigenvalue weighted by Crippen LogP contribution is -2.37. The van der Waals surface area contributed by atoms with Crippen LogP contribution in [0.5, 0.6) is 0 Å². The molecular formula is C23H35NO10. The zero-order chi connectivity index (χ0) is 26.2. The SMILES string of the molecule is CC(C)(C)OC(=O)Nc1cc(C(=O)CC(CO)(CO)CO)cc(C(=O)CC(CO)(CO)CO)c1. The third-order valence-corrected chi connectivity index (χ3v) is 5.31. The molecule has 7 N–H and O–H groups in total. The monoisotopic (exact) mass is 485 g/mol. The van der Waals surface area contributed by atoms with Gasteiger partial charge in [0.15, 0.2) is 11.6 Å². The third-order valence-electron chi connectivity index (χ3n) is 5.31. The minimum Gasteiger partial charge on any atom is -0.444 e. The second-order valence-corrected chi connectivity index (χ2v) is 9.57. The maximum absolute atomic E-state index is 12.9. The fraction of sp³-hybridized carbons (Fsp3) is 0.609. The Bertz CT molecular complexity index is 785. The van der Waals surface area contributed by atoms with Crippen LogP contribution in [0, 0.1) is 10.8 Å². The summed E-state index contributed by atoms with van der Waals surface area (Å²) in [7, 11) is 0. The second kappa shape index (κ2) is 12.3. The lowest BCUT2D eigenvalue weighted by atomic mass is 9.82. The number of benzene rings is 1. The number of nitrogens with one attached hydrogen (secondary N) is 1. The largest absolute Gasteiger partial charge is 0.444 e. The van der Waals surface area contributed by atoms with E-state index in [-0.39, 0.29) is 16.8 Å². The van der Waals surface area contributed by atoms with Crippen molar-refractivity contribution in [3.8, 4) is 0 Å². The number of carbonyl (C=O) groups excluding carboxylic acids is 3. The minimum absolute atomic E-state index is 0.0358. The Morgan fingerprint density at radius 3 is 1.35 bits per heavy atom. The zero-order valence-electron chi connectivity index (χ0n) is 19.7. The van der Waals surface area contributed by atoms with Gasteiger partial charge in [-0.05, 0) is 39.0 Å². The first-order valence-electron chi connectivity index (χ1n) is 10.7. The van der Waals surface area contributed by atoms with E-state index in [9.17, 15) is 45.0 Å². The molecule has 0 atom stereocenters. The number of carbonyl (C=O) groups is 3. The standard InChI is InChI=1S/C23H35NO10/c1-21(2,3)34-20(33)24-17-5-15(18(31)7-22(9-25,10-26)11-27)4-16(6-17)19(32)8-23(12-28,13-29)14-30/h4-6,25-30H,7-14H2,1-3H3,(H,24,33). The van der Waals surface area contributed by atoms with Crippen LogP contribution in [0.2, 0.25) is 0 Å². The van der Waals surface area contributed by atoms with Crippen molar-refractivity contribution in [3.63, 3.8) is 0 Å². The molecule has 0 aliphatic carbocycles. The summed E-state index contributed by atoms with van der Waals surface area (Å²) < 4.78 is 5.19. The molecular weight excluding hydrogens is 450 g/mol. The van der Waals surface area contributed by atoms with E-state index in [1.165, 1.54) is 18.2 Å². The van der Waals surface area contributed by atoms with E-state index >= 15 is 0 Å². The van der Waals surface area contributed by atoms with Gasteiger partial charge < -0.3 is 35.4 Å². The van der Waals surface area contributed by atoms with E-state index in [4.69, 9.17) is 4.74 Å². The van der Waals surface area contributed by atoms with E-state index in [2.05, 4.69) is 5.32 Å². The van der Waals surface area contributed by atoms with Crippen molar-refractivity contribution in [3.05, 3.63) is 29.3 Å². The molecule has 0 fully saturated rings. The number of ketones is 2. The number of rotatable bonds is 13. The van der Waals surface area contributed by atoms with Crippen molar-refractivity contribution in [2.45, 2.75) is 39.2 Å². The highest BCUT2D eigenvalue weighted by molar-refractivity contribution is 6.04. The van der Waals surface area contributed by atoms with Crippen molar-refractivity contribution in [2.75, 3.05) is 45.0 Å². The Hall–Kier alpha value is -2.41. The molecule has 0 bridgehead atoms. The fourth-order valence-corrected chi connectivity index (χ4v) is 2.96. The summed E-state index contributed by atoms with van der Waals surface area (Å²) in [5, 5.41) is 59.6. The number of amides is 1. The third kappa shape index (κ3) is 8.12. The van der Waals surface area contributed by atoms with Gasteiger partial charge in [0, 0.05) is 40.5 Å². The van der Waals surface area contributed by atoms with E-state index in [1.807, 2.05) is 0 Å². The van der Waals surface area contributed by atoms with Gasteiger partial charge in [0.25, 0.3) is 0 Å². The highest BCUT2D eigenvalue weighted by Gasteiger charge is 2.34. The Labute approximate surface area is 198 Å². The molecule has 192 valence electrons. The Balaban J connectivity index is 3.41. The van der Waals surface area contributed by atoms with Gasteiger partial charge in [0.2, 0.25) is 0 Å². The van der Waals surface area contributed by atoms with Crippen molar-refractivity contribution in [1.82, 2.24) is 0 Å². The molecule has 1 aromatic carbocycles. The summed E-state index contributed by atoms with van der Waals surface area (Å²) in [5.74, 6) is -1.26. The first-order chi connectivity index (χ1) is 15.8. The predicted molar refractivity (Wildman–Crippen MR) is 122 cm³/mol. The van der Waals surface area contributed by atoms with Crippen LogP contribution in [0.4, 0.5) is 10.5 Å². The topological polar surface area (TPSA) is 194 Å². The first-order valence-corrected chi connectivity index (χ1v) is 10.7. The lowest BCUT2D eigenvalue weighted by Gasteiger charge is -2.27. The molecule has 0 aliphatic rings. The van der Waals surface area contributed by atoms with Crippen LogP contribution in [-0.4, -0.2) is 93.5 Å². The molecule has 1 aromatic rings. The van der Waals surface area contributed by atoms with Gasteiger partial charge >= 0.3 is 6.09 Å². The van der Waals surface area contributed by atoms with E-state index in [0.29, 0.717) is 0 Å². The minimum atomic E-state index is -1.49. The van der Waals surface area contributed by atoms with Crippen molar-refractivity contribution >= 4 is 23.3 Å². The van der Waals surface area contributed by atoms with Crippen LogP contribution >= 0.6 is 0 Å². The maximum atomic E-state index is 12.9. The van der Waals surface area contributed by atoms with Crippen LogP contribution in [0.25, 0.3) is 0 Å². The van der Waals surface area contributed by atoms with Gasteiger partial charge in [-0.3, -0.25) is 14.9 Å². The molecule has 11 nitrogen and oxygen atoms in total. The summed E-state index contributed by atoms with van der Waals surface area (Å²) >= 11 is 0.